The number of carbonyl (C=O) groups excluding carboxylic acids is 3. The van der Waals surface area contributed by atoms with Crippen molar-refractivity contribution in [3.63, 3.8) is 0 Å². The van der Waals surface area contributed by atoms with E-state index in [0.29, 0.717) is 6.54 Å². The van der Waals surface area contributed by atoms with Gasteiger partial charge >= 0.3 is 0 Å². The van der Waals surface area contributed by atoms with Crippen molar-refractivity contribution in [2.45, 2.75) is 93.2 Å². The molecule has 4 aliphatic rings. The molecule has 3 amide bonds. The van der Waals surface area contributed by atoms with Crippen LogP contribution in [0.25, 0.3) is 0 Å². The zero-order valence-electron chi connectivity index (χ0n) is 19.5. The molecule has 3 unspecified atom stereocenters. The first-order chi connectivity index (χ1) is 15.5. The molecule has 0 radical (unpaired) electrons. The SMILES string of the molecule is CNC(=O)[C@@H]1[C@@H]2CC(C)C3(S2)C(C(=O)NC2CCCCC2)N(CCCCCCO)C(=O)[C@H]13. The molecular formula is C24H39N3O4S. The Kier molecular flexibility index (Phi) is 7.40. The number of fused-ring (bicyclic) bond motifs is 1. The minimum atomic E-state index is -0.511. The van der Waals surface area contributed by atoms with E-state index >= 15 is 0 Å². The average molecular weight is 466 g/mol. The molecule has 0 aromatic rings. The van der Waals surface area contributed by atoms with E-state index in [4.69, 9.17) is 5.11 Å². The van der Waals surface area contributed by atoms with Gasteiger partial charge in [-0.25, -0.2) is 0 Å². The van der Waals surface area contributed by atoms with Crippen molar-refractivity contribution < 1.29 is 19.5 Å². The lowest BCUT2D eigenvalue weighted by Gasteiger charge is -2.39. The van der Waals surface area contributed by atoms with Crippen LogP contribution in [-0.2, 0) is 14.4 Å². The van der Waals surface area contributed by atoms with Crippen molar-refractivity contribution in [2.75, 3.05) is 20.2 Å². The normalized spacial score (nSPS) is 36.4. The van der Waals surface area contributed by atoms with Crippen molar-refractivity contribution in [1.29, 1.82) is 0 Å². The Morgan fingerprint density at radius 2 is 1.84 bits per heavy atom. The number of rotatable bonds is 9. The summed E-state index contributed by atoms with van der Waals surface area (Å²) in [6.07, 6.45) is 9.82. The van der Waals surface area contributed by atoms with Gasteiger partial charge in [0, 0.05) is 31.5 Å². The first-order valence-corrected chi connectivity index (χ1v) is 13.4. The third kappa shape index (κ3) is 3.95. The van der Waals surface area contributed by atoms with E-state index < -0.39 is 16.7 Å². The first kappa shape index (κ1) is 23.9. The fourth-order valence-corrected chi connectivity index (χ4v) is 9.22. The van der Waals surface area contributed by atoms with Crippen molar-refractivity contribution in [1.82, 2.24) is 15.5 Å². The summed E-state index contributed by atoms with van der Waals surface area (Å²) in [4.78, 5) is 42.2. The van der Waals surface area contributed by atoms with E-state index in [1.807, 2.05) is 4.90 Å². The van der Waals surface area contributed by atoms with Crippen molar-refractivity contribution in [3.05, 3.63) is 0 Å². The molecule has 4 rings (SSSR count). The molecule has 2 bridgehead atoms. The fourth-order valence-electron chi connectivity index (χ4n) is 6.80. The highest BCUT2D eigenvalue weighted by Gasteiger charge is 2.75. The monoisotopic (exact) mass is 465 g/mol. The highest BCUT2D eigenvalue weighted by atomic mass is 32.2. The van der Waals surface area contributed by atoms with Gasteiger partial charge < -0.3 is 20.6 Å². The number of hydrogen-bond donors (Lipinski definition) is 3. The van der Waals surface area contributed by atoms with E-state index in [1.165, 1.54) is 6.42 Å². The van der Waals surface area contributed by atoms with E-state index in [1.54, 1.807) is 18.8 Å². The number of likely N-dealkylation sites (tertiary alicyclic amines) is 1. The van der Waals surface area contributed by atoms with Gasteiger partial charge in [-0.15, -0.1) is 11.8 Å². The Balaban J connectivity index is 1.60. The molecule has 1 saturated carbocycles. The van der Waals surface area contributed by atoms with Crippen molar-refractivity contribution in [3.8, 4) is 0 Å². The lowest BCUT2D eigenvalue weighted by atomic mass is 9.66. The minimum Gasteiger partial charge on any atom is -0.396 e. The van der Waals surface area contributed by atoms with Crippen LogP contribution < -0.4 is 10.6 Å². The second-order valence-corrected chi connectivity index (χ2v) is 11.7. The summed E-state index contributed by atoms with van der Waals surface area (Å²) in [5.74, 6) is -0.634. The molecule has 180 valence electrons. The Morgan fingerprint density at radius 3 is 2.53 bits per heavy atom. The van der Waals surface area contributed by atoms with Crippen LogP contribution in [-0.4, -0.2) is 70.0 Å². The number of nitrogens with one attached hydrogen (secondary N) is 2. The topological polar surface area (TPSA) is 98.7 Å². The fraction of sp³-hybridized carbons (Fsp3) is 0.875. The largest absolute Gasteiger partial charge is 0.396 e. The molecule has 3 aliphatic heterocycles. The van der Waals surface area contributed by atoms with Crippen LogP contribution in [0, 0.1) is 17.8 Å². The van der Waals surface area contributed by atoms with Gasteiger partial charge in [-0.05, 0) is 38.0 Å². The van der Waals surface area contributed by atoms with E-state index in [2.05, 4.69) is 17.6 Å². The summed E-state index contributed by atoms with van der Waals surface area (Å²) in [6.45, 7) is 2.90. The molecule has 3 saturated heterocycles. The third-order valence-electron chi connectivity index (χ3n) is 8.30. The Labute approximate surface area is 195 Å². The number of aliphatic hydroxyl groups excluding tert-OH is 1. The van der Waals surface area contributed by atoms with Crippen LogP contribution in [0.1, 0.15) is 71.1 Å². The van der Waals surface area contributed by atoms with Crippen LogP contribution in [0.15, 0.2) is 0 Å². The van der Waals surface area contributed by atoms with E-state index in [0.717, 1.165) is 57.8 Å². The Morgan fingerprint density at radius 1 is 1.12 bits per heavy atom. The molecule has 4 fully saturated rings. The summed E-state index contributed by atoms with van der Waals surface area (Å²) in [7, 11) is 1.64. The predicted octanol–water partition coefficient (Wildman–Crippen LogP) is 2.07. The van der Waals surface area contributed by atoms with E-state index in [9.17, 15) is 14.4 Å². The number of hydrogen-bond acceptors (Lipinski definition) is 5. The van der Waals surface area contributed by atoms with Gasteiger partial charge in [0.1, 0.15) is 6.04 Å². The molecular weight excluding hydrogens is 426 g/mol. The van der Waals surface area contributed by atoms with E-state index in [-0.39, 0.29) is 47.5 Å². The lowest BCUT2D eigenvalue weighted by molar-refractivity contribution is -0.140. The maximum absolute atomic E-state index is 13.8. The minimum absolute atomic E-state index is 0.00824. The Bertz CT molecular complexity index is 728. The lowest BCUT2D eigenvalue weighted by Crippen LogP contribution is -2.58. The molecule has 0 aromatic heterocycles. The summed E-state index contributed by atoms with van der Waals surface area (Å²) >= 11 is 1.75. The smallest absolute Gasteiger partial charge is 0.244 e. The molecule has 7 nitrogen and oxygen atoms in total. The predicted molar refractivity (Wildman–Crippen MR) is 125 cm³/mol. The molecule has 3 heterocycles. The van der Waals surface area contributed by atoms with Gasteiger partial charge in [-0.2, -0.15) is 0 Å². The average Bonchev–Trinajstić information content (AvgIpc) is 3.37. The van der Waals surface area contributed by atoms with Gasteiger partial charge in [-0.3, -0.25) is 14.4 Å². The van der Waals surface area contributed by atoms with Crippen LogP contribution in [0.2, 0.25) is 0 Å². The van der Waals surface area contributed by atoms with Gasteiger partial charge in [0.2, 0.25) is 17.7 Å². The highest BCUT2D eigenvalue weighted by Crippen LogP contribution is 2.68. The summed E-state index contributed by atoms with van der Waals surface area (Å²) in [6, 6.07) is -0.304. The van der Waals surface area contributed by atoms with Crippen molar-refractivity contribution in [2.24, 2.45) is 17.8 Å². The maximum atomic E-state index is 13.8. The summed E-state index contributed by atoms with van der Waals surface area (Å²) in [5.41, 5.74) is 0. The van der Waals surface area contributed by atoms with Gasteiger partial charge in [0.15, 0.2) is 0 Å². The quantitative estimate of drug-likeness (QED) is 0.453. The molecule has 32 heavy (non-hydrogen) atoms. The molecule has 6 atom stereocenters. The zero-order chi connectivity index (χ0) is 22.9. The number of thioether (sulfide) groups is 1. The van der Waals surface area contributed by atoms with Gasteiger partial charge in [0.05, 0.1) is 16.6 Å². The van der Waals surface area contributed by atoms with Gasteiger partial charge in [0.25, 0.3) is 0 Å². The zero-order valence-corrected chi connectivity index (χ0v) is 20.3. The Hall–Kier alpha value is -1.28. The highest BCUT2D eigenvalue weighted by molar-refractivity contribution is 8.02. The maximum Gasteiger partial charge on any atom is 0.244 e. The molecule has 8 heteroatoms. The number of aliphatic hydroxyl groups is 1. The third-order valence-corrected chi connectivity index (χ3v) is 10.4. The van der Waals surface area contributed by atoms with Crippen LogP contribution >= 0.6 is 11.8 Å². The molecule has 1 spiro atoms. The number of amides is 3. The van der Waals surface area contributed by atoms with Crippen LogP contribution in [0.4, 0.5) is 0 Å². The molecule has 1 aliphatic carbocycles. The van der Waals surface area contributed by atoms with Crippen LogP contribution in [0.5, 0.6) is 0 Å². The molecule has 0 aromatic carbocycles. The van der Waals surface area contributed by atoms with Gasteiger partial charge in [-0.1, -0.05) is 39.0 Å². The van der Waals surface area contributed by atoms with Crippen molar-refractivity contribution >= 4 is 29.5 Å². The number of unbranched alkanes of at least 4 members (excludes halogenated alkanes) is 3. The number of nitrogens with zero attached hydrogens (tertiary/aromatic N) is 1. The first-order valence-electron chi connectivity index (χ1n) is 12.6. The summed E-state index contributed by atoms with van der Waals surface area (Å²) in [5, 5.41) is 15.2. The second-order valence-electron chi connectivity index (χ2n) is 10.2. The second kappa shape index (κ2) is 9.92. The number of carbonyl (C=O) groups is 3. The summed E-state index contributed by atoms with van der Waals surface area (Å²) < 4.78 is -0.511. The standard InChI is InChI=1S/C24H39N3O4S/c1-15-14-17-18(21(29)25-2)19-23(31)27(12-8-3-4-9-13-28)20(24(15,19)32-17)22(30)26-16-10-6-5-7-11-16/h15-20,28H,3-14H2,1-2H3,(H,25,29)(H,26,30)/t15?,17-,18+,19-,20?,24?/m0/s1. The van der Waals surface area contributed by atoms with Crippen LogP contribution in [0.3, 0.4) is 0 Å². The molecule has 3 N–H and O–H groups in total.